The second-order valence-electron chi connectivity index (χ2n) is 4.66. The van der Waals surface area contributed by atoms with Crippen LogP contribution in [0.3, 0.4) is 0 Å². The minimum atomic E-state index is -0.550. The monoisotopic (exact) mass is 360 g/mol. The molecule has 0 aliphatic heterocycles. The number of hydrogen-bond acceptors (Lipinski definition) is 2. The number of amides is 1. The third kappa shape index (κ3) is 2.65. The van der Waals surface area contributed by atoms with E-state index in [9.17, 15) is 14.0 Å². The highest BCUT2D eigenvalue weighted by Gasteiger charge is 2.14. The third-order valence-corrected chi connectivity index (χ3v) is 3.68. The summed E-state index contributed by atoms with van der Waals surface area (Å²) in [6, 6.07) is 11.2. The summed E-state index contributed by atoms with van der Waals surface area (Å²) in [6.45, 7) is 0. The fourth-order valence-corrected chi connectivity index (χ4v) is 2.55. The molecule has 22 heavy (non-hydrogen) atoms. The number of para-hydroxylation sites is 1. The van der Waals surface area contributed by atoms with Crippen molar-refractivity contribution in [3.8, 4) is 0 Å². The predicted molar refractivity (Wildman–Crippen MR) is 86.6 cm³/mol. The summed E-state index contributed by atoms with van der Waals surface area (Å²) in [5.41, 5.74) is 0.0587. The Labute approximate surface area is 133 Å². The minimum absolute atomic E-state index is 0.0712. The highest BCUT2D eigenvalue weighted by molar-refractivity contribution is 9.10. The summed E-state index contributed by atoms with van der Waals surface area (Å²) >= 11 is 3.30. The minimum Gasteiger partial charge on any atom is -0.358 e. The van der Waals surface area contributed by atoms with Crippen LogP contribution in [0.1, 0.15) is 10.4 Å². The lowest BCUT2D eigenvalue weighted by Gasteiger charge is -2.06. The van der Waals surface area contributed by atoms with Crippen molar-refractivity contribution < 1.29 is 9.18 Å². The van der Waals surface area contributed by atoms with Gasteiger partial charge in [-0.15, -0.1) is 0 Å². The van der Waals surface area contributed by atoms with Gasteiger partial charge in [-0.25, -0.2) is 4.39 Å². The van der Waals surface area contributed by atoms with Crippen molar-refractivity contribution in [2.75, 3.05) is 5.32 Å². The van der Waals surface area contributed by atoms with Gasteiger partial charge in [0, 0.05) is 21.7 Å². The number of hydrogen-bond donors (Lipinski definition) is 2. The molecule has 0 aliphatic rings. The fraction of sp³-hybridized carbons (Fsp3) is 0. The summed E-state index contributed by atoms with van der Waals surface area (Å²) in [5, 5.41) is 2.78. The third-order valence-electron chi connectivity index (χ3n) is 3.19. The van der Waals surface area contributed by atoms with Crippen LogP contribution in [-0.4, -0.2) is 10.9 Å². The van der Waals surface area contributed by atoms with E-state index in [1.54, 1.807) is 18.2 Å². The normalized spacial score (nSPS) is 10.6. The quantitative estimate of drug-likeness (QED) is 0.732. The van der Waals surface area contributed by atoms with Crippen LogP contribution in [0.5, 0.6) is 0 Å². The van der Waals surface area contributed by atoms with Crippen LogP contribution in [0.25, 0.3) is 10.9 Å². The number of benzene rings is 2. The van der Waals surface area contributed by atoms with Gasteiger partial charge in [-0.2, -0.15) is 0 Å². The second kappa shape index (κ2) is 5.73. The molecular formula is C16H10BrFN2O2. The van der Waals surface area contributed by atoms with E-state index in [1.807, 2.05) is 6.07 Å². The molecule has 110 valence electrons. The highest BCUT2D eigenvalue weighted by Crippen LogP contribution is 2.17. The Balaban J connectivity index is 2.01. The first-order valence-corrected chi connectivity index (χ1v) is 7.22. The van der Waals surface area contributed by atoms with Crippen molar-refractivity contribution in [3.05, 3.63) is 74.7 Å². The maximum atomic E-state index is 13.6. The maximum absolute atomic E-state index is 13.6. The van der Waals surface area contributed by atoms with Crippen molar-refractivity contribution in [2.24, 2.45) is 0 Å². The summed E-state index contributed by atoms with van der Waals surface area (Å²) in [6.07, 6.45) is 1.22. The molecule has 0 fully saturated rings. The van der Waals surface area contributed by atoms with Gasteiger partial charge >= 0.3 is 0 Å². The smallest absolute Gasteiger partial charge is 0.261 e. The van der Waals surface area contributed by atoms with E-state index in [-0.39, 0.29) is 16.5 Å². The molecule has 3 rings (SSSR count). The van der Waals surface area contributed by atoms with E-state index >= 15 is 0 Å². The molecule has 0 spiro atoms. The molecule has 1 aromatic heterocycles. The number of aromatic nitrogens is 1. The lowest BCUT2D eigenvalue weighted by Crippen LogP contribution is -2.22. The van der Waals surface area contributed by atoms with Crippen molar-refractivity contribution >= 4 is 38.4 Å². The molecule has 1 amide bonds. The Morgan fingerprint density at radius 1 is 1.18 bits per heavy atom. The number of carbonyl (C=O) groups excluding carboxylic acids is 1. The van der Waals surface area contributed by atoms with Crippen LogP contribution in [0.4, 0.5) is 10.1 Å². The average molecular weight is 361 g/mol. The largest absolute Gasteiger partial charge is 0.358 e. The Morgan fingerprint density at radius 3 is 2.73 bits per heavy atom. The van der Waals surface area contributed by atoms with Crippen LogP contribution >= 0.6 is 15.9 Å². The Bertz CT molecular complexity index is 937. The number of carbonyl (C=O) groups is 1. The maximum Gasteiger partial charge on any atom is 0.261 e. The summed E-state index contributed by atoms with van der Waals surface area (Å²) < 4.78 is 14.4. The van der Waals surface area contributed by atoms with Gasteiger partial charge in [0.15, 0.2) is 0 Å². The van der Waals surface area contributed by atoms with E-state index < -0.39 is 17.2 Å². The van der Waals surface area contributed by atoms with Gasteiger partial charge in [-0.05, 0) is 30.3 Å². The lowest BCUT2D eigenvalue weighted by atomic mass is 10.1. The summed E-state index contributed by atoms with van der Waals surface area (Å²) in [5.74, 6) is -1.08. The topological polar surface area (TPSA) is 62.0 Å². The molecule has 0 aliphatic carbocycles. The van der Waals surface area contributed by atoms with Crippen molar-refractivity contribution in [3.63, 3.8) is 0 Å². The van der Waals surface area contributed by atoms with E-state index in [0.29, 0.717) is 5.69 Å². The number of aromatic amines is 1. The molecule has 0 atom stereocenters. The Kier molecular flexibility index (Phi) is 3.77. The molecule has 1 heterocycles. The lowest BCUT2D eigenvalue weighted by molar-refractivity contribution is 0.102. The summed E-state index contributed by atoms with van der Waals surface area (Å²) in [4.78, 5) is 27.2. The van der Waals surface area contributed by atoms with Crippen LogP contribution < -0.4 is 10.7 Å². The molecule has 4 nitrogen and oxygen atoms in total. The van der Waals surface area contributed by atoms with Crippen LogP contribution in [0.15, 0.2) is 57.9 Å². The van der Waals surface area contributed by atoms with Gasteiger partial charge in [-0.3, -0.25) is 9.59 Å². The van der Waals surface area contributed by atoms with Gasteiger partial charge < -0.3 is 10.3 Å². The zero-order valence-electron chi connectivity index (χ0n) is 11.2. The first kappa shape index (κ1) is 14.5. The Hall–Kier alpha value is -2.47. The van der Waals surface area contributed by atoms with E-state index in [4.69, 9.17) is 0 Å². The molecule has 0 bridgehead atoms. The molecule has 2 aromatic carbocycles. The van der Waals surface area contributed by atoms with Crippen LogP contribution in [0.2, 0.25) is 0 Å². The molecule has 6 heteroatoms. The van der Waals surface area contributed by atoms with Gasteiger partial charge in [0.1, 0.15) is 11.4 Å². The number of halogens is 2. The zero-order valence-corrected chi connectivity index (χ0v) is 12.8. The number of rotatable bonds is 2. The highest BCUT2D eigenvalue weighted by atomic mass is 79.9. The first-order chi connectivity index (χ1) is 10.6. The van der Waals surface area contributed by atoms with Gasteiger partial charge in [0.05, 0.1) is 5.52 Å². The molecule has 3 aromatic rings. The van der Waals surface area contributed by atoms with E-state index in [1.165, 1.54) is 24.4 Å². The number of H-pyrrole nitrogens is 1. The van der Waals surface area contributed by atoms with Gasteiger partial charge in [-0.1, -0.05) is 28.1 Å². The number of pyridine rings is 1. The molecule has 0 saturated carbocycles. The fourth-order valence-electron chi connectivity index (χ4n) is 2.15. The predicted octanol–water partition coefficient (Wildman–Crippen LogP) is 3.68. The molecule has 0 unspecified atom stereocenters. The summed E-state index contributed by atoms with van der Waals surface area (Å²) in [7, 11) is 0. The molecule has 2 N–H and O–H groups in total. The zero-order chi connectivity index (χ0) is 15.7. The van der Waals surface area contributed by atoms with Gasteiger partial charge in [0.25, 0.3) is 5.91 Å². The van der Waals surface area contributed by atoms with Crippen molar-refractivity contribution in [2.45, 2.75) is 0 Å². The van der Waals surface area contributed by atoms with Crippen molar-refractivity contribution in [1.29, 1.82) is 0 Å². The van der Waals surface area contributed by atoms with E-state index in [0.717, 1.165) is 4.47 Å². The van der Waals surface area contributed by atoms with E-state index in [2.05, 4.69) is 26.2 Å². The molecular weight excluding hydrogens is 351 g/mol. The number of fused-ring (bicyclic) bond motifs is 1. The number of nitrogens with one attached hydrogen (secondary N) is 2. The number of anilines is 1. The van der Waals surface area contributed by atoms with Gasteiger partial charge in [0.2, 0.25) is 5.43 Å². The SMILES string of the molecule is O=C(Nc1cccc(Br)c1)c1c[nH]c2c(F)cccc2c1=O. The standard InChI is InChI=1S/C16H10BrFN2O2/c17-9-3-1-4-10(7-9)20-16(22)12-8-19-14-11(15(12)21)5-2-6-13(14)18/h1-8H,(H,19,21)(H,20,22). The molecule has 0 radical (unpaired) electrons. The second-order valence-corrected chi connectivity index (χ2v) is 5.57. The van der Waals surface area contributed by atoms with Crippen molar-refractivity contribution in [1.82, 2.24) is 4.98 Å². The first-order valence-electron chi connectivity index (χ1n) is 6.43. The Morgan fingerprint density at radius 2 is 1.95 bits per heavy atom. The van der Waals surface area contributed by atoms with Crippen LogP contribution in [-0.2, 0) is 0 Å². The average Bonchev–Trinajstić information content (AvgIpc) is 2.48. The molecule has 0 saturated heterocycles. The van der Waals surface area contributed by atoms with Crippen LogP contribution in [0, 0.1) is 5.82 Å².